The molecule has 0 bridgehead atoms. The molecule has 0 spiro atoms. The summed E-state index contributed by atoms with van der Waals surface area (Å²) in [6.45, 7) is 5.71. The highest BCUT2D eigenvalue weighted by Crippen LogP contribution is 2.27. The van der Waals surface area contributed by atoms with Crippen molar-refractivity contribution in [3.05, 3.63) is 83.9 Å². The van der Waals surface area contributed by atoms with Gasteiger partial charge in [0.1, 0.15) is 18.3 Å². The third-order valence-corrected chi connectivity index (χ3v) is 9.26. The number of carbonyl (C=O) groups excluding carboxylic acids is 2. The number of methoxy groups -OCH3 is 1. The van der Waals surface area contributed by atoms with Gasteiger partial charge in [-0.2, -0.15) is 0 Å². The Morgan fingerprint density at radius 3 is 2.32 bits per heavy atom. The zero-order valence-corrected chi connectivity index (χ0v) is 25.9. The van der Waals surface area contributed by atoms with E-state index in [1.807, 2.05) is 32.2 Å². The highest BCUT2D eigenvalue weighted by Gasteiger charge is 2.32. The lowest BCUT2D eigenvalue weighted by Gasteiger charge is -2.32. The van der Waals surface area contributed by atoms with Gasteiger partial charge in [0.15, 0.2) is 0 Å². The van der Waals surface area contributed by atoms with Crippen LogP contribution in [0.1, 0.15) is 37.8 Å². The van der Waals surface area contributed by atoms with Gasteiger partial charge in [0.05, 0.1) is 17.7 Å². The second-order valence-corrected chi connectivity index (χ2v) is 12.5. The molecule has 8 nitrogen and oxygen atoms in total. The minimum absolute atomic E-state index is 0.0772. The number of amides is 2. The van der Waals surface area contributed by atoms with Crippen LogP contribution in [0, 0.1) is 6.92 Å². The number of carbonyl (C=O) groups is 2. The molecule has 0 heterocycles. The normalized spacial score (nSPS) is 11.9. The van der Waals surface area contributed by atoms with E-state index in [4.69, 9.17) is 4.74 Å². The quantitative estimate of drug-likeness (QED) is 0.201. The van der Waals surface area contributed by atoms with Gasteiger partial charge in [-0.15, -0.1) is 11.8 Å². The molecule has 3 aromatic rings. The van der Waals surface area contributed by atoms with Crippen molar-refractivity contribution in [3.63, 3.8) is 0 Å². The number of aryl methyl sites for hydroxylation is 1. The number of sulfonamides is 1. The van der Waals surface area contributed by atoms with Gasteiger partial charge in [0, 0.05) is 18.0 Å². The van der Waals surface area contributed by atoms with Crippen LogP contribution in [-0.4, -0.2) is 57.6 Å². The lowest BCUT2D eigenvalue weighted by Crippen LogP contribution is -2.51. The molecule has 0 aromatic heterocycles. The smallest absolute Gasteiger partial charge is 0.264 e. The van der Waals surface area contributed by atoms with Gasteiger partial charge in [-0.25, -0.2) is 8.42 Å². The van der Waals surface area contributed by atoms with Gasteiger partial charge >= 0.3 is 0 Å². The number of rotatable bonds is 14. The second-order valence-electron chi connectivity index (χ2n) is 9.72. The first-order valence-corrected chi connectivity index (χ1v) is 16.2. The van der Waals surface area contributed by atoms with Crippen molar-refractivity contribution in [2.45, 2.75) is 56.0 Å². The standard InChI is InChI=1S/C31H39N3O5S2/c1-6-7-19-32-31(36)24(3)33(21-25-9-8-10-27(20-25)39-4)30(35)22-34(26-13-11-23(2)12-14-26)41(37,38)29-17-15-28(40-5)16-18-29/h8-18,20,24H,6-7,19,21-22H2,1-5H3,(H,32,36). The molecule has 0 saturated heterocycles. The number of thioether (sulfide) groups is 1. The Labute approximate surface area is 248 Å². The number of anilines is 1. The van der Waals surface area contributed by atoms with Crippen molar-refractivity contribution in [1.29, 1.82) is 0 Å². The zero-order valence-electron chi connectivity index (χ0n) is 24.3. The van der Waals surface area contributed by atoms with Crippen LogP contribution in [0.25, 0.3) is 0 Å². The Balaban J connectivity index is 2.00. The molecular formula is C31H39N3O5S2. The number of hydrogen-bond acceptors (Lipinski definition) is 6. The summed E-state index contributed by atoms with van der Waals surface area (Å²) in [5.74, 6) is -0.185. The van der Waals surface area contributed by atoms with E-state index in [-0.39, 0.29) is 17.3 Å². The number of nitrogens with one attached hydrogen (secondary N) is 1. The second kappa shape index (κ2) is 14.9. The van der Waals surface area contributed by atoms with Crippen LogP contribution in [0.15, 0.2) is 82.6 Å². The molecule has 0 fully saturated rings. The van der Waals surface area contributed by atoms with Gasteiger partial charge in [0.25, 0.3) is 10.0 Å². The molecular weight excluding hydrogens is 558 g/mol. The highest BCUT2D eigenvalue weighted by atomic mass is 32.2. The first-order chi connectivity index (χ1) is 19.6. The summed E-state index contributed by atoms with van der Waals surface area (Å²) in [5, 5.41) is 2.89. The maximum atomic E-state index is 14.0. The fourth-order valence-corrected chi connectivity index (χ4v) is 6.02. The average molecular weight is 598 g/mol. The number of unbranched alkanes of at least 4 members (excludes halogenated alkanes) is 1. The van der Waals surface area contributed by atoms with Gasteiger partial charge < -0.3 is 15.0 Å². The monoisotopic (exact) mass is 597 g/mol. The van der Waals surface area contributed by atoms with Crippen molar-refractivity contribution in [2.75, 3.05) is 30.8 Å². The van der Waals surface area contributed by atoms with Gasteiger partial charge in [0.2, 0.25) is 11.8 Å². The van der Waals surface area contributed by atoms with Crippen molar-refractivity contribution in [2.24, 2.45) is 0 Å². The van der Waals surface area contributed by atoms with Crippen molar-refractivity contribution in [1.82, 2.24) is 10.2 Å². The summed E-state index contributed by atoms with van der Waals surface area (Å²) in [5.41, 5.74) is 2.07. The Morgan fingerprint density at radius 2 is 1.71 bits per heavy atom. The molecule has 1 atom stereocenters. The molecule has 3 rings (SSSR count). The van der Waals surface area contributed by atoms with E-state index < -0.39 is 28.5 Å². The van der Waals surface area contributed by atoms with E-state index in [2.05, 4.69) is 5.32 Å². The summed E-state index contributed by atoms with van der Waals surface area (Å²) in [6.07, 6.45) is 3.65. The summed E-state index contributed by atoms with van der Waals surface area (Å²) >= 11 is 1.51. The van der Waals surface area contributed by atoms with Crippen LogP contribution in [0.2, 0.25) is 0 Å². The first-order valence-electron chi connectivity index (χ1n) is 13.5. The van der Waals surface area contributed by atoms with E-state index >= 15 is 0 Å². The lowest BCUT2D eigenvalue weighted by atomic mass is 10.1. The Hall–Kier alpha value is -3.50. The molecule has 0 aliphatic rings. The van der Waals surface area contributed by atoms with E-state index in [1.165, 1.54) is 16.7 Å². The van der Waals surface area contributed by atoms with Crippen LogP contribution >= 0.6 is 11.8 Å². The zero-order chi connectivity index (χ0) is 30.0. The molecule has 3 aromatic carbocycles. The van der Waals surface area contributed by atoms with E-state index in [0.717, 1.165) is 33.2 Å². The van der Waals surface area contributed by atoms with Crippen LogP contribution < -0.4 is 14.4 Å². The molecule has 0 aliphatic heterocycles. The molecule has 1 N–H and O–H groups in total. The molecule has 0 radical (unpaired) electrons. The maximum absolute atomic E-state index is 14.0. The molecule has 10 heteroatoms. The SMILES string of the molecule is CCCCNC(=O)C(C)N(Cc1cccc(OC)c1)C(=O)CN(c1ccc(C)cc1)S(=O)(=O)c1ccc(SC)cc1. The third kappa shape index (κ3) is 8.50. The van der Waals surface area contributed by atoms with E-state index in [0.29, 0.717) is 18.0 Å². The molecule has 220 valence electrons. The fourth-order valence-electron chi connectivity index (χ4n) is 4.20. The first kappa shape index (κ1) is 32.0. The largest absolute Gasteiger partial charge is 0.497 e. The van der Waals surface area contributed by atoms with E-state index in [9.17, 15) is 18.0 Å². The minimum Gasteiger partial charge on any atom is -0.497 e. The summed E-state index contributed by atoms with van der Waals surface area (Å²) in [4.78, 5) is 29.5. The molecule has 0 saturated carbocycles. The van der Waals surface area contributed by atoms with Gasteiger partial charge in [-0.3, -0.25) is 13.9 Å². The number of hydrogen-bond donors (Lipinski definition) is 1. The Bertz CT molecular complexity index is 1410. The topological polar surface area (TPSA) is 96.0 Å². The molecule has 2 amide bonds. The summed E-state index contributed by atoms with van der Waals surface area (Å²) in [6, 6.07) is 19.9. The van der Waals surface area contributed by atoms with E-state index in [1.54, 1.807) is 74.7 Å². The fraction of sp³-hybridized carbons (Fsp3) is 0.355. The lowest BCUT2D eigenvalue weighted by molar-refractivity contribution is -0.139. The third-order valence-electron chi connectivity index (χ3n) is 6.73. The predicted molar refractivity (Wildman–Crippen MR) is 165 cm³/mol. The van der Waals surface area contributed by atoms with Crippen molar-refractivity contribution >= 4 is 39.3 Å². The Morgan fingerprint density at radius 1 is 1.02 bits per heavy atom. The predicted octanol–water partition coefficient (Wildman–Crippen LogP) is 5.25. The number of nitrogens with zero attached hydrogens (tertiary/aromatic N) is 2. The van der Waals surface area contributed by atoms with Gasteiger partial charge in [-0.1, -0.05) is 43.2 Å². The summed E-state index contributed by atoms with van der Waals surface area (Å²) in [7, 11) is -2.55. The van der Waals surface area contributed by atoms with Crippen molar-refractivity contribution in [3.8, 4) is 5.75 Å². The highest BCUT2D eigenvalue weighted by molar-refractivity contribution is 7.98. The molecule has 0 aliphatic carbocycles. The minimum atomic E-state index is -4.11. The molecule has 41 heavy (non-hydrogen) atoms. The summed E-state index contributed by atoms with van der Waals surface area (Å²) < 4.78 is 34.4. The average Bonchev–Trinajstić information content (AvgIpc) is 2.98. The van der Waals surface area contributed by atoms with Gasteiger partial charge in [-0.05, 0) is 80.6 Å². The van der Waals surface area contributed by atoms with Crippen LogP contribution in [0.3, 0.4) is 0 Å². The van der Waals surface area contributed by atoms with Crippen LogP contribution in [-0.2, 0) is 26.2 Å². The van der Waals surface area contributed by atoms with Crippen molar-refractivity contribution < 1.29 is 22.7 Å². The number of benzene rings is 3. The maximum Gasteiger partial charge on any atom is 0.264 e. The Kier molecular flexibility index (Phi) is 11.7. The molecule has 1 unspecified atom stereocenters. The number of ether oxygens (including phenoxy) is 1. The van der Waals surface area contributed by atoms with Crippen LogP contribution in [0.4, 0.5) is 5.69 Å². The van der Waals surface area contributed by atoms with Crippen LogP contribution in [0.5, 0.6) is 5.75 Å².